The van der Waals surface area contributed by atoms with Crippen LogP contribution in [0.15, 0.2) is 36.8 Å². The molecular weight excluding hydrogens is 415 g/mol. The molecule has 0 bridgehead atoms. The number of anilines is 1. The van der Waals surface area contributed by atoms with Gasteiger partial charge in [0.1, 0.15) is 12.1 Å². The molecule has 4 heterocycles. The van der Waals surface area contributed by atoms with E-state index in [9.17, 15) is 18.0 Å². The number of fused-ring (bicyclic) bond motifs is 1. The minimum absolute atomic E-state index is 0.0562. The van der Waals surface area contributed by atoms with Crippen molar-refractivity contribution in [1.82, 2.24) is 30.1 Å². The molecule has 0 aromatic carbocycles. The van der Waals surface area contributed by atoms with Gasteiger partial charge in [-0.1, -0.05) is 6.07 Å². The maximum Gasteiger partial charge on any atom is 0.422 e. The van der Waals surface area contributed by atoms with Gasteiger partial charge in [-0.2, -0.15) is 17.7 Å². The Bertz CT molecular complexity index is 1030. The third kappa shape index (κ3) is 5.38. The Morgan fingerprint density at radius 3 is 2.71 bits per heavy atom. The molecule has 1 saturated heterocycles. The number of halogens is 3. The highest BCUT2D eigenvalue weighted by Crippen LogP contribution is 2.22. The third-order valence-corrected chi connectivity index (χ3v) is 4.99. The van der Waals surface area contributed by atoms with Gasteiger partial charge in [-0.25, -0.2) is 4.98 Å². The number of amides is 1. The predicted molar refractivity (Wildman–Crippen MR) is 103 cm³/mol. The molecule has 0 radical (unpaired) electrons. The summed E-state index contributed by atoms with van der Waals surface area (Å²) in [5, 5.41) is 15.1. The van der Waals surface area contributed by atoms with Crippen LogP contribution in [-0.4, -0.2) is 56.6 Å². The highest BCUT2D eigenvalue weighted by atomic mass is 19.4. The minimum atomic E-state index is -4.41. The molecule has 0 aliphatic carbocycles. The lowest BCUT2D eigenvalue weighted by Crippen LogP contribution is -2.40. The summed E-state index contributed by atoms with van der Waals surface area (Å²) in [5.74, 6) is 0.527. The first kappa shape index (κ1) is 20.8. The van der Waals surface area contributed by atoms with Crippen molar-refractivity contribution < 1.29 is 22.7 Å². The number of ether oxygens (including phenoxy) is 1. The SMILES string of the molecule is O=C(NCc1ccc(OCC(F)(F)F)nc1)C1CCN(c2ccc3nncn3n2)CC1. The number of rotatable bonds is 6. The average molecular weight is 435 g/mol. The van der Waals surface area contributed by atoms with Gasteiger partial charge in [0.25, 0.3) is 0 Å². The summed E-state index contributed by atoms with van der Waals surface area (Å²) >= 11 is 0. The fourth-order valence-electron chi connectivity index (χ4n) is 3.35. The van der Waals surface area contributed by atoms with E-state index in [1.54, 1.807) is 16.9 Å². The molecule has 1 N–H and O–H groups in total. The number of hydrogen-bond acceptors (Lipinski definition) is 7. The zero-order chi connectivity index (χ0) is 21.8. The molecule has 0 unspecified atom stereocenters. The van der Waals surface area contributed by atoms with Crippen LogP contribution in [0.5, 0.6) is 5.88 Å². The molecule has 4 rings (SSSR count). The quantitative estimate of drug-likeness (QED) is 0.632. The van der Waals surface area contributed by atoms with Crippen molar-refractivity contribution in [2.75, 3.05) is 24.6 Å². The number of pyridine rings is 1. The molecule has 3 aromatic rings. The van der Waals surface area contributed by atoms with Crippen LogP contribution >= 0.6 is 0 Å². The molecule has 0 atom stereocenters. The zero-order valence-electron chi connectivity index (χ0n) is 16.4. The molecule has 1 amide bonds. The number of aromatic nitrogens is 5. The number of piperidine rings is 1. The standard InChI is InChI=1S/C19H20F3N7O2/c20-19(21,22)11-31-17-4-1-13(9-23-17)10-24-18(30)14-5-7-28(8-6-14)16-3-2-15-26-25-12-29(15)27-16/h1-4,9,12,14H,5-8,10-11H2,(H,24,30). The largest absolute Gasteiger partial charge is 0.468 e. The Hall–Kier alpha value is -3.44. The maximum atomic E-state index is 12.5. The molecule has 12 heteroatoms. The Morgan fingerprint density at radius 1 is 1.19 bits per heavy atom. The third-order valence-electron chi connectivity index (χ3n) is 4.99. The highest BCUT2D eigenvalue weighted by Gasteiger charge is 2.28. The first-order valence-electron chi connectivity index (χ1n) is 9.71. The second-order valence-corrected chi connectivity index (χ2v) is 7.21. The van der Waals surface area contributed by atoms with Crippen LogP contribution in [0.4, 0.5) is 19.0 Å². The van der Waals surface area contributed by atoms with Gasteiger partial charge in [0.05, 0.1) is 0 Å². The molecule has 0 saturated carbocycles. The van der Waals surface area contributed by atoms with E-state index < -0.39 is 12.8 Å². The molecule has 31 heavy (non-hydrogen) atoms. The molecule has 1 aliphatic heterocycles. The number of nitrogens with one attached hydrogen (secondary N) is 1. The zero-order valence-corrected chi connectivity index (χ0v) is 16.4. The van der Waals surface area contributed by atoms with Crippen LogP contribution in [0, 0.1) is 5.92 Å². The number of carbonyl (C=O) groups is 1. The molecule has 9 nitrogen and oxygen atoms in total. The lowest BCUT2D eigenvalue weighted by molar-refractivity contribution is -0.154. The van der Waals surface area contributed by atoms with Crippen LogP contribution in [0.3, 0.4) is 0 Å². The van der Waals surface area contributed by atoms with Crippen molar-refractivity contribution in [3.63, 3.8) is 0 Å². The summed E-state index contributed by atoms with van der Waals surface area (Å²) in [4.78, 5) is 18.5. The fourth-order valence-corrected chi connectivity index (χ4v) is 3.35. The molecule has 1 aliphatic rings. The number of nitrogens with zero attached hydrogens (tertiary/aromatic N) is 6. The predicted octanol–water partition coefficient (Wildman–Crippen LogP) is 1.99. The van der Waals surface area contributed by atoms with Gasteiger partial charge in [0, 0.05) is 37.8 Å². The topological polar surface area (TPSA) is 97.5 Å². The Kier molecular flexibility index (Phi) is 5.87. The lowest BCUT2D eigenvalue weighted by Gasteiger charge is -2.32. The van der Waals surface area contributed by atoms with Crippen LogP contribution in [-0.2, 0) is 11.3 Å². The van der Waals surface area contributed by atoms with E-state index in [2.05, 4.69) is 35.2 Å². The van der Waals surface area contributed by atoms with Crippen molar-refractivity contribution in [2.45, 2.75) is 25.6 Å². The van der Waals surface area contributed by atoms with E-state index in [1.165, 1.54) is 12.3 Å². The van der Waals surface area contributed by atoms with E-state index in [-0.39, 0.29) is 24.2 Å². The van der Waals surface area contributed by atoms with Gasteiger partial charge >= 0.3 is 6.18 Å². The second kappa shape index (κ2) is 8.74. The smallest absolute Gasteiger partial charge is 0.422 e. The summed E-state index contributed by atoms with van der Waals surface area (Å²) in [6, 6.07) is 6.67. The van der Waals surface area contributed by atoms with Gasteiger partial charge < -0.3 is 15.0 Å². The van der Waals surface area contributed by atoms with Gasteiger partial charge in [-0.3, -0.25) is 4.79 Å². The van der Waals surface area contributed by atoms with Gasteiger partial charge in [-0.05, 0) is 30.5 Å². The number of carbonyl (C=O) groups excluding carboxylic acids is 1. The Balaban J connectivity index is 1.23. The summed E-state index contributed by atoms with van der Waals surface area (Å²) in [6.07, 6.45) is -0.0972. The van der Waals surface area contributed by atoms with Crippen molar-refractivity contribution in [2.24, 2.45) is 5.92 Å². The molecule has 0 spiro atoms. The summed E-state index contributed by atoms with van der Waals surface area (Å²) in [5.41, 5.74) is 1.35. The molecular formula is C19H20F3N7O2. The molecule has 164 valence electrons. The monoisotopic (exact) mass is 435 g/mol. The van der Waals surface area contributed by atoms with Crippen molar-refractivity contribution >= 4 is 17.4 Å². The molecule has 1 fully saturated rings. The van der Waals surface area contributed by atoms with Crippen molar-refractivity contribution in [3.05, 3.63) is 42.4 Å². The van der Waals surface area contributed by atoms with Crippen LogP contribution in [0.1, 0.15) is 18.4 Å². The van der Waals surface area contributed by atoms with Gasteiger partial charge in [0.2, 0.25) is 11.8 Å². The summed E-state index contributed by atoms with van der Waals surface area (Å²) < 4.78 is 42.7. The second-order valence-electron chi connectivity index (χ2n) is 7.21. The number of alkyl halides is 3. The fraction of sp³-hybridized carbons (Fsp3) is 0.421. The van der Waals surface area contributed by atoms with E-state index in [0.717, 1.165) is 5.82 Å². The van der Waals surface area contributed by atoms with Gasteiger partial charge in [-0.15, -0.1) is 15.3 Å². The normalized spacial score (nSPS) is 15.3. The summed E-state index contributed by atoms with van der Waals surface area (Å²) in [6.45, 7) is 0.256. The Labute approximate surface area is 175 Å². The van der Waals surface area contributed by atoms with Gasteiger partial charge in [0.15, 0.2) is 12.3 Å². The van der Waals surface area contributed by atoms with E-state index in [4.69, 9.17) is 0 Å². The van der Waals surface area contributed by atoms with E-state index in [1.807, 2.05) is 12.1 Å². The van der Waals surface area contributed by atoms with Crippen LogP contribution in [0.2, 0.25) is 0 Å². The first-order chi connectivity index (χ1) is 14.9. The minimum Gasteiger partial charge on any atom is -0.468 e. The summed E-state index contributed by atoms with van der Waals surface area (Å²) in [7, 11) is 0. The number of hydrogen-bond donors (Lipinski definition) is 1. The molecule has 3 aromatic heterocycles. The first-order valence-corrected chi connectivity index (χ1v) is 9.71. The lowest BCUT2D eigenvalue weighted by atomic mass is 9.96. The van der Waals surface area contributed by atoms with E-state index >= 15 is 0 Å². The highest BCUT2D eigenvalue weighted by molar-refractivity contribution is 5.79. The maximum absolute atomic E-state index is 12.5. The Morgan fingerprint density at radius 2 is 2.00 bits per heavy atom. The van der Waals surface area contributed by atoms with Crippen LogP contribution < -0.4 is 15.0 Å². The van der Waals surface area contributed by atoms with Crippen LogP contribution in [0.25, 0.3) is 5.65 Å². The average Bonchev–Trinajstić information content (AvgIpc) is 3.24. The van der Waals surface area contributed by atoms with Crippen molar-refractivity contribution in [3.8, 4) is 5.88 Å². The van der Waals surface area contributed by atoms with Crippen molar-refractivity contribution in [1.29, 1.82) is 0 Å². The van der Waals surface area contributed by atoms with E-state index in [0.29, 0.717) is 37.1 Å².